The third-order valence-electron chi connectivity index (χ3n) is 10.7. The number of aliphatic hydroxyl groups is 1. The molecule has 9 rings (SSSR count). The van der Waals surface area contributed by atoms with Crippen molar-refractivity contribution in [3.63, 3.8) is 0 Å². The summed E-state index contributed by atoms with van der Waals surface area (Å²) < 4.78 is 18.4. The number of carbonyl (C=O) groups excluding carboxylic acids is 1. The lowest BCUT2D eigenvalue weighted by atomic mass is 9.83. The first-order valence-corrected chi connectivity index (χ1v) is 18.3. The predicted octanol–water partition coefficient (Wildman–Crippen LogP) is 5.15. The Bertz CT molecular complexity index is 2990. The van der Waals surface area contributed by atoms with Crippen LogP contribution in [0.2, 0.25) is 0 Å². The molecule has 0 radical (unpaired) electrons. The minimum atomic E-state index is -1.61. The summed E-state index contributed by atoms with van der Waals surface area (Å²) in [5.74, 6) is -9.40. The fourth-order valence-corrected chi connectivity index (χ4v) is 7.87. The van der Waals surface area contributed by atoms with Gasteiger partial charge in [-0.25, -0.2) is 14.8 Å². The fourth-order valence-electron chi connectivity index (χ4n) is 7.87. The second-order valence-corrected chi connectivity index (χ2v) is 14.6. The van der Waals surface area contributed by atoms with Crippen molar-refractivity contribution in [3.8, 4) is 85.9 Å². The summed E-state index contributed by atoms with van der Waals surface area (Å²) in [4.78, 5) is 23.1. The molecule has 2 aliphatic rings. The molecule has 310 valence electrons. The number of aromatic hydroxyl groups is 11. The van der Waals surface area contributed by atoms with Gasteiger partial charge in [0.2, 0.25) is 5.75 Å². The first-order valence-electron chi connectivity index (χ1n) is 18.3. The first kappa shape index (κ1) is 38.3. The van der Waals surface area contributed by atoms with E-state index in [0.717, 1.165) is 42.5 Å². The summed E-state index contributed by atoms with van der Waals surface area (Å²) >= 11 is 0. The Morgan fingerprint density at radius 3 is 1.74 bits per heavy atom. The normalized spacial score (nSPS) is 18.2. The molecular formula is C43H32N2O16. The molecule has 0 spiro atoms. The fraction of sp³-hybridized carbons (Fsp3) is 0.140. The minimum Gasteiger partial charge on any atom is -0.508 e. The van der Waals surface area contributed by atoms with E-state index in [4.69, 9.17) is 14.2 Å². The average Bonchev–Trinajstić information content (AvgIpc) is 3.21. The van der Waals surface area contributed by atoms with Gasteiger partial charge in [-0.2, -0.15) is 0 Å². The number of rotatable bonds is 5. The highest BCUT2D eigenvalue weighted by Gasteiger charge is 2.42. The summed E-state index contributed by atoms with van der Waals surface area (Å²) in [5, 5.41) is 130. The lowest BCUT2D eigenvalue weighted by molar-refractivity contribution is -0.0187. The zero-order chi connectivity index (χ0) is 43.2. The van der Waals surface area contributed by atoms with E-state index in [1.807, 2.05) is 0 Å². The zero-order valence-electron chi connectivity index (χ0n) is 31.0. The van der Waals surface area contributed by atoms with Gasteiger partial charge in [-0.05, 0) is 36.4 Å². The molecule has 61 heavy (non-hydrogen) atoms. The van der Waals surface area contributed by atoms with Gasteiger partial charge in [-0.15, -0.1) is 0 Å². The summed E-state index contributed by atoms with van der Waals surface area (Å²) in [6.45, 7) is 0. The van der Waals surface area contributed by atoms with Crippen molar-refractivity contribution >= 4 is 28.0 Å². The highest BCUT2D eigenvalue weighted by atomic mass is 16.6. The lowest BCUT2D eigenvalue weighted by Gasteiger charge is -2.36. The Hall–Kier alpha value is -8.25. The van der Waals surface area contributed by atoms with E-state index in [-0.39, 0.29) is 63.2 Å². The van der Waals surface area contributed by atoms with Crippen LogP contribution in [-0.4, -0.2) is 89.4 Å². The smallest absolute Gasteiger partial charge is 0.338 e. The number of hydrogen-bond donors (Lipinski definition) is 12. The molecule has 6 aromatic carbocycles. The molecule has 18 nitrogen and oxygen atoms in total. The number of para-hydroxylation sites is 2. The molecule has 0 unspecified atom stereocenters. The topological polar surface area (TPSA) is 313 Å². The maximum Gasteiger partial charge on any atom is 0.338 e. The number of phenolic OH excluding ortho intramolecular Hbond substituents is 11. The molecule has 0 amide bonds. The van der Waals surface area contributed by atoms with Crippen LogP contribution in [0.1, 0.15) is 44.8 Å². The van der Waals surface area contributed by atoms with Crippen molar-refractivity contribution in [1.82, 2.24) is 9.97 Å². The van der Waals surface area contributed by atoms with E-state index in [1.165, 1.54) is 6.07 Å². The first-order chi connectivity index (χ1) is 29.1. The molecule has 3 heterocycles. The molecule has 2 aliphatic heterocycles. The number of fused-ring (bicyclic) bond motifs is 4. The van der Waals surface area contributed by atoms with Crippen LogP contribution in [-0.2, 0) is 17.6 Å². The van der Waals surface area contributed by atoms with Crippen LogP contribution in [0.3, 0.4) is 0 Å². The van der Waals surface area contributed by atoms with Crippen molar-refractivity contribution in [2.24, 2.45) is 0 Å². The van der Waals surface area contributed by atoms with Gasteiger partial charge in [0, 0.05) is 70.5 Å². The molecule has 4 atom stereocenters. The molecule has 0 saturated carbocycles. The van der Waals surface area contributed by atoms with Gasteiger partial charge >= 0.3 is 5.97 Å². The van der Waals surface area contributed by atoms with Crippen LogP contribution in [0, 0.1) is 0 Å². The van der Waals surface area contributed by atoms with Crippen LogP contribution in [0.15, 0.2) is 72.8 Å². The minimum absolute atomic E-state index is 0.0272. The molecular weight excluding hydrogens is 800 g/mol. The van der Waals surface area contributed by atoms with Gasteiger partial charge in [0.15, 0.2) is 46.7 Å². The summed E-state index contributed by atoms with van der Waals surface area (Å²) in [6.07, 6.45) is -6.87. The highest BCUT2D eigenvalue weighted by molar-refractivity contribution is 5.98. The van der Waals surface area contributed by atoms with E-state index in [0.29, 0.717) is 11.0 Å². The average molecular weight is 833 g/mol. The van der Waals surface area contributed by atoms with Gasteiger partial charge in [0.05, 0.1) is 28.2 Å². The molecule has 0 fully saturated rings. The summed E-state index contributed by atoms with van der Waals surface area (Å²) in [7, 11) is 0. The Labute approximate surface area is 341 Å². The maximum absolute atomic E-state index is 13.8. The number of nitrogens with zero attached hydrogens (tertiary/aromatic N) is 2. The van der Waals surface area contributed by atoms with Gasteiger partial charge in [0.1, 0.15) is 46.1 Å². The summed E-state index contributed by atoms with van der Waals surface area (Å²) in [5.41, 5.74) is -0.961. The quantitative estimate of drug-likeness (QED) is 0.0606. The highest BCUT2D eigenvalue weighted by Crippen LogP contribution is 2.56. The molecule has 18 heteroatoms. The van der Waals surface area contributed by atoms with Gasteiger partial charge in [-0.3, -0.25) is 0 Å². The van der Waals surface area contributed by atoms with E-state index in [1.54, 1.807) is 24.3 Å². The standard InChI is InChI=1S/C43H32N2O16/c46-16-7-25(48)18-12-30(53)41(59-31(18)9-16)21-13-29(52)38(55)40(57)35(21)34-20(11-24-36(39(34)56)45-23-4-2-1-3-22(23)44-24)42-33(14-19-26(49)8-17(47)10-32(19)60-42)61-43(58)15-5-27(50)37(54)28(51)6-15/h1-11,13,30,33,41-42,46-57H,12,14H2/t30-,33-,41-,42-/m1/s1. The Morgan fingerprint density at radius 2 is 1.10 bits per heavy atom. The molecule has 0 saturated heterocycles. The predicted molar refractivity (Wildman–Crippen MR) is 209 cm³/mol. The van der Waals surface area contributed by atoms with Crippen molar-refractivity contribution in [3.05, 3.63) is 101 Å². The summed E-state index contributed by atoms with van der Waals surface area (Å²) in [6, 6.07) is 15.0. The van der Waals surface area contributed by atoms with Crippen molar-refractivity contribution < 1.29 is 80.3 Å². The number of ether oxygens (including phenoxy) is 3. The van der Waals surface area contributed by atoms with Gasteiger partial charge in [0.25, 0.3) is 0 Å². The van der Waals surface area contributed by atoms with Crippen LogP contribution in [0.5, 0.6) is 74.7 Å². The van der Waals surface area contributed by atoms with Crippen molar-refractivity contribution in [1.29, 1.82) is 0 Å². The Morgan fingerprint density at radius 1 is 0.557 bits per heavy atom. The monoisotopic (exact) mass is 832 g/mol. The number of hydrogen-bond acceptors (Lipinski definition) is 18. The maximum atomic E-state index is 13.8. The molecule has 7 aromatic rings. The van der Waals surface area contributed by atoms with Gasteiger partial charge in [-0.1, -0.05) is 12.1 Å². The van der Waals surface area contributed by atoms with Crippen LogP contribution >= 0.6 is 0 Å². The van der Waals surface area contributed by atoms with E-state index in [9.17, 15) is 66.1 Å². The lowest BCUT2D eigenvalue weighted by Crippen LogP contribution is -2.35. The van der Waals surface area contributed by atoms with E-state index >= 15 is 0 Å². The second kappa shape index (κ2) is 13.9. The van der Waals surface area contributed by atoms with Crippen molar-refractivity contribution in [2.75, 3.05) is 0 Å². The Balaban J connectivity index is 1.31. The SMILES string of the molecule is O=C(O[C@@H]1Cc2c(O)cc(O)cc2O[C@@H]1c1cc2nc3ccccc3nc2c(O)c1-c1c([C@H]2Oc3cc(O)cc(O)c3C[C@H]2O)cc(O)c(O)c1O)c1cc(O)c(O)c(O)c1. The number of esters is 1. The molecule has 1 aromatic heterocycles. The number of phenols is 11. The van der Waals surface area contributed by atoms with Crippen LogP contribution in [0.25, 0.3) is 33.2 Å². The van der Waals surface area contributed by atoms with Gasteiger partial charge < -0.3 is 75.5 Å². The third kappa shape index (κ3) is 6.29. The van der Waals surface area contributed by atoms with Crippen LogP contribution < -0.4 is 9.47 Å². The number of carbonyl (C=O) groups is 1. The largest absolute Gasteiger partial charge is 0.508 e. The molecule has 12 N–H and O–H groups in total. The van der Waals surface area contributed by atoms with Crippen LogP contribution in [0.4, 0.5) is 0 Å². The number of aromatic nitrogens is 2. The number of aliphatic hydroxyl groups excluding tert-OH is 1. The molecule has 0 bridgehead atoms. The molecule has 0 aliphatic carbocycles. The van der Waals surface area contributed by atoms with E-state index < -0.39 is 105 Å². The number of benzene rings is 6. The Kier molecular flexibility index (Phi) is 8.75. The van der Waals surface area contributed by atoms with E-state index in [2.05, 4.69) is 9.97 Å². The zero-order valence-corrected chi connectivity index (χ0v) is 31.0. The third-order valence-corrected chi connectivity index (χ3v) is 10.7. The second-order valence-electron chi connectivity index (χ2n) is 14.6. The van der Waals surface area contributed by atoms with Crippen molar-refractivity contribution in [2.45, 2.75) is 37.3 Å².